The lowest BCUT2D eigenvalue weighted by Crippen LogP contribution is -2.33. The largest absolute Gasteiger partial charge is 0.475 e. The summed E-state index contributed by atoms with van der Waals surface area (Å²) in [5.74, 6) is -3.15. The van der Waals surface area contributed by atoms with Crippen LogP contribution in [0.1, 0.15) is 39.0 Å². The number of carboxylic acids is 1. The van der Waals surface area contributed by atoms with Gasteiger partial charge in [-0.3, -0.25) is 4.79 Å². The van der Waals surface area contributed by atoms with Crippen molar-refractivity contribution >= 4 is 17.5 Å². The van der Waals surface area contributed by atoms with Crippen molar-refractivity contribution in [2.45, 2.75) is 39.0 Å². The van der Waals surface area contributed by atoms with Gasteiger partial charge >= 0.3 is 5.97 Å². The Hall–Kier alpha value is -1.39. The fourth-order valence-corrected chi connectivity index (χ4v) is 2.24. The van der Waals surface area contributed by atoms with Crippen LogP contribution < -0.4 is 0 Å². The number of hydrogen-bond acceptors (Lipinski definition) is 4. The molecule has 5 nitrogen and oxygen atoms in total. The minimum Gasteiger partial charge on any atom is -0.475 e. The quantitative estimate of drug-likeness (QED) is 0.331. The van der Waals surface area contributed by atoms with Crippen LogP contribution >= 0.6 is 0 Å². The number of carbonyl (C=O) groups is 2. The second-order valence-electron chi connectivity index (χ2n) is 4.25. The van der Waals surface area contributed by atoms with Crippen LogP contribution in [0.2, 0.25) is 0 Å². The summed E-state index contributed by atoms with van der Waals surface area (Å²) in [6, 6.07) is 0. The molecule has 0 saturated heterocycles. The van der Waals surface area contributed by atoms with E-state index in [2.05, 4.69) is 5.16 Å². The highest BCUT2D eigenvalue weighted by molar-refractivity contribution is 6.37. The first-order valence-corrected chi connectivity index (χ1v) is 5.57. The number of aliphatic carboxylic acids is 1. The van der Waals surface area contributed by atoms with Crippen molar-refractivity contribution in [3.63, 3.8) is 0 Å². The van der Waals surface area contributed by atoms with Crippen molar-refractivity contribution in [1.29, 1.82) is 0 Å². The number of nitrogens with zero attached hydrogens (tertiary/aromatic N) is 1. The third-order valence-corrected chi connectivity index (χ3v) is 3.19. The topological polar surface area (TPSA) is 87.0 Å². The normalized spacial score (nSPS) is 20.4. The summed E-state index contributed by atoms with van der Waals surface area (Å²) < 4.78 is 0. The van der Waals surface area contributed by atoms with Crippen molar-refractivity contribution in [1.82, 2.24) is 0 Å². The molecule has 5 heteroatoms. The minimum absolute atomic E-state index is 0.0528. The number of hydrogen-bond donors (Lipinski definition) is 2. The Bertz CT molecular complexity index is 305. The van der Waals surface area contributed by atoms with Gasteiger partial charge in [0.1, 0.15) is 0 Å². The van der Waals surface area contributed by atoms with Gasteiger partial charge in [-0.05, 0) is 19.8 Å². The Labute approximate surface area is 94.1 Å². The van der Waals surface area contributed by atoms with Gasteiger partial charge in [0.2, 0.25) is 5.78 Å². The van der Waals surface area contributed by atoms with Gasteiger partial charge in [0, 0.05) is 5.92 Å². The molecule has 1 saturated carbocycles. The fourth-order valence-electron chi connectivity index (χ4n) is 2.24. The summed E-state index contributed by atoms with van der Waals surface area (Å²) in [5, 5.41) is 20.7. The second-order valence-corrected chi connectivity index (χ2v) is 4.25. The SMILES string of the molecule is CC(C(=O)C(=O)O)C(=NO)C1CCCCC1. The highest BCUT2D eigenvalue weighted by atomic mass is 16.4. The van der Waals surface area contributed by atoms with Gasteiger partial charge in [0.15, 0.2) is 0 Å². The molecular weight excluding hydrogens is 210 g/mol. The number of ketones is 1. The summed E-state index contributed by atoms with van der Waals surface area (Å²) in [4.78, 5) is 21.9. The number of carboxylic acid groups (broad SMARTS) is 1. The van der Waals surface area contributed by atoms with Crippen molar-refractivity contribution in [2.75, 3.05) is 0 Å². The first-order chi connectivity index (χ1) is 7.57. The van der Waals surface area contributed by atoms with Gasteiger partial charge in [-0.2, -0.15) is 0 Å². The molecule has 0 aliphatic heterocycles. The highest BCUT2D eigenvalue weighted by Gasteiger charge is 2.31. The lowest BCUT2D eigenvalue weighted by molar-refractivity contribution is -0.149. The molecule has 0 aromatic carbocycles. The molecule has 0 radical (unpaired) electrons. The van der Waals surface area contributed by atoms with Gasteiger partial charge in [-0.15, -0.1) is 0 Å². The summed E-state index contributed by atoms with van der Waals surface area (Å²) >= 11 is 0. The lowest BCUT2D eigenvalue weighted by Gasteiger charge is -2.24. The molecule has 0 aromatic heterocycles. The van der Waals surface area contributed by atoms with Crippen LogP contribution in [0, 0.1) is 11.8 Å². The van der Waals surface area contributed by atoms with Crippen LogP contribution in [0.3, 0.4) is 0 Å². The molecule has 1 aliphatic rings. The first-order valence-electron chi connectivity index (χ1n) is 5.57. The Morgan fingerprint density at radius 3 is 2.25 bits per heavy atom. The van der Waals surface area contributed by atoms with Crippen LogP contribution in [0.4, 0.5) is 0 Å². The van der Waals surface area contributed by atoms with Crippen LogP contribution in [0.25, 0.3) is 0 Å². The Morgan fingerprint density at radius 2 is 1.81 bits per heavy atom. The van der Waals surface area contributed by atoms with E-state index in [1.165, 1.54) is 6.92 Å². The van der Waals surface area contributed by atoms with Crippen LogP contribution in [0.15, 0.2) is 5.16 Å². The fraction of sp³-hybridized carbons (Fsp3) is 0.727. The molecule has 2 N–H and O–H groups in total. The third kappa shape index (κ3) is 2.81. The van der Waals surface area contributed by atoms with Crippen molar-refractivity contribution in [2.24, 2.45) is 17.0 Å². The minimum atomic E-state index is -1.47. The van der Waals surface area contributed by atoms with Crippen molar-refractivity contribution in [3.05, 3.63) is 0 Å². The number of rotatable bonds is 4. The zero-order valence-corrected chi connectivity index (χ0v) is 9.35. The lowest BCUT2D eigenvalue weighted by atomic mass is 9.80. The molecule has 1 unspecified atom stereocenters. The standard InChI is InChI=1S/C11H17NO4/c1-7(10(13)11(14)15)9(12-16)8-5-3-2-4-6-8/h7-8,16H,2-6H2,1H3,(H,14,15). The van der Waals surface area contributed by atoms with Gasteiger partial charge in [0.25, 0.3) is 0 Å². The summed E-state index contributed by atoms with van der Waals surface area (Å²) in [6.45, 7) is 1.49. The molecule has 16 heavy (non-hydrogen) atoms. The van der Waals surface area contributed by atoms with E-state index in [-0.39, 0.29) is 5.92 Å². The van der Waals surface area contributed by atoms with Gasteiger partial charge in [0.05, 0.1) is 11.6 Å². The predicted octanol–water partition coefficient (Wildman–Crippen LogP) is 1.69. The summed E-state index contributed by atoms with van der Waals surface area (Å²) in [5.41, 5.74) is 0.326. The average molecular weight is 227 g/mol. The van der Waals surface area contributed by atoms with E-state index in [0.29, 0.717) is 5.71 Å². The molecule has 0 aromatic rings. The third-order valence-electron chi connectivity index (χ3n) is 3.19. The van der Waals surface area contributed by atoms with E-state index in [9.17, 15) is 9.59 Å². The number of carbonyl (C=O) groups excluding carboxylic acids is 1. The maximum Gasteiger partial charge on any atom is 0.372 e. The summed E-state index contributed by atoms with van der Waals surface area (Å²) in [7, 11) is 0. The molecule has 1 atom stereocenters. The second kappa shape index (κ2) is 5.63. The smallest absolute Gasteiger partial charge is 0.372 e. The molecular formula is C11H17NO4. The van der Waals surface area contributed by atoms with Crippen molar-refractivity contribution in [3.8, 4) is 0 Å². The monoisotopic (exact) mass is 227 g/mol. The Morgan fingerprint density at radius 1 is 1.25 bits per heavy atom. The van der Waals surface area contributed by atoms with E-state index >= 15 is 0 Å². The van der Waals surface area contributed by atoms with Gasteiger partial charge in [-0.1, -0.05) is 24.4 Å². The van der Waals surface area contributed by atoms with Crippen molar-refractivity contribution < 1.29 is 19.9 Å². The molecule has 0 spiro atoms. The number of Topliss-reactive ketones (excluding diaryl/α,β-unsaturated/α-hetero) is 1. The maximum absolute atomic E-state index is 11.3. The molecule has 1 fully saturated rings. The Kier molecular flexibility index (Phi) is 4.46. The maximum atomic E-state index is 11.3. The van der Waals surface area contributed by atoms with Crippen LogP contribution in [-0.2, 0) is 9.59 Å². The zero-order chi connectivity index (χ0) is 12.1. The molecule has 0 heterocycles. The predicted molar refractivity (Wildman–Crippen MR) is 57.6 cm³/mol. The van der Waals surface area contributed by atoms with Gasteiger partial charge in [-0.25, -0.2) is 4.79 Å². The van der Waals surface area contributed by atoms with E-state index in [0.717, 1.165) is 32.1 Å². The molecule has 1 rings (SSSR count). The molecule has 0 bridgehead atoms. The number of oxime groups is 1. The summed E-state index contributed by atoms with van der Waals surface area (Å²) in [6.07, 6.45) is 4.97. The molecule has 0 amide bonds. The highest BCUT2D eigenvalue weighted by Crippen LogP contribution is 2.27. The van der Waals surface area contributed by atoms with E-state index < -0.39 is 17.7 Å². The van der Waals surface area contributed by atoms with E-state index in [1.54, 1.807) is 0 Å². The van der Waals surface area contributed by atoms with Gasteiger partial charge < -0.3 is 10.3 Å². The first kappa shape index (κ1) is 12.7. The van der Waals surface area contributed by atoms with E-state index in [1.807, 2.05) is 0 Å². The Balaban J connectivity index is 2.73. The van der Waals surface area contributed by atoms with Crippen LogP contribution in [-0.4, -0.2) is 27.8 Å². The molecule has 90 valence electrons. The zero-order valence-electron chi connectivity index (χ0n) is 9.35. The average Bonchev–Trinajstić information content (AvgIpc) is 2.30. The molecule has 1 aliphatic carbocycles. The van der Waals surface area contributed by atoms with E-state index in [4.69, 9.17) is 10.3 Å². The van der Waals surface area contributed by atoms with Crippen LogP contribution in [0.5, 0.6) is 0 Å².